The molecule has 4 nitrogen and oxygen atoms in total. The Labute approximate surface area is 186 Å². The Morgan fingerprint density at radius 1 is 1.07 bits per heavy atom. The van der Waals surface area contributed by atoms with Gasteiger partial charge in [0.05, 0.1) is 11.1 Å². The first-order valence-electron chi connectivity index (χ1n) is 9.83. The molecule has 0 saturated heterocycles. The van der Waals surface area contributed by atoms with E-state index in [1.54, 1.807) is 18.2 Å². The Morgan fingerprint density at radius 2 is 1.80 bits per heavy atom. The third-order valence-corrected chi connectivity index (χ3v) is 5.75. The zero-order valence-corrected chi connectivity index (χ0v) is 18.0. The molecular formula is C24H22Cl2N2O2. The number of fused-ring (bicyclic) bond motifs is 1. The standard InChI is InChI=1S/C24H22Cl2N2O2/c1-16-13-21(27-18-7-3-2-4-8-18)19-9-5-6-10-22(19)28(16)24(29)15-30-23-12-11-17(25)14-20(23)26/h2-12,14,16,21,27H,13,15H2,1H3. The van der Waals surface area contributed by atoms with Crippen molar-refractivity contribution in [1.82, 2.24) is 0 Å². The summed E-state index contributed by atoms with van der Waals surface area (Å²) in [6.45, 7) is 1.96. The van der Waals surface area contributed by atoms with E-state index >= 15 is 0 Å². The van der Waals surface area contributed by atoms with E-state index in [0.29, 0.717) is 15.8 Å². The van der Waals surface area contributed by atoms with Gasteiger partial charge in [0.2, 0.25) is 0 Å². The first-order chi connectivity index (χ1) is 14.5. The normalized spacial score (nSPS) is 17.9. The molecule has 30 heavy (non-hydrogen) atoms. The Bertz CT molecular complexity index is 1040. The highest BCUT2D eigenvalue weighted by molar-refractivity contribution is 6.35. The lowest BCUT2D eigenvalue weighted by Gasteiger charge is -2.40. The lowest BCUT2D eigenvalue weighted by molar-refractivity contribution is -0.121. The fourth-order valence-corrected chi connectivity index (χ4v) is 4.33. The van der Waals surface area contributed by atoms with Crippen molar-refractivity contribution in [2.45, 2.75) is 25.4 Å². The van der Waals surface area contributed by atoms with Crippen LogP contribution in [0.1, 0.15) is 24.9 Å². The van der Waals surface area contributed by atoms with E-state index in [9.17, 15) is 4.79 Å². The van der Waals surface area contributed by atoms with Gasteiger partial charge in [-0.1, -0.05) is 59.6 Å². The van der Waals surface area contributed by atoms with E-state index in [4.69, 9.17) is 27.9 Å². The second kappa shape index (κ2) is 8.99. The second-order valence-electron chi connectivity index (χ2n) is 7.33. The van der Waals surface area contributed by atoms with E-state index in [-0.39, 0.29) is 24.6 Å². The number of hydrogen-bond donors (Lipinski definition) is 1. The van der Waals surface area contributed by atoms with E-state index in [0.717, 1.165) is 23.4 Å². The van der Waals surface area contributed by atoms with Crippen LogP contribution in [0.5, 0.6) is 5.75 Å². The minimum atomic E-state index is -0.112. The molecule has 1 aliphatic rings. The second-order valence-corrected chi connectivity index (χ2v) is 8.18. The van der Waals surface area contributed by atoms with Crippen LogP contribution >= 0.6 is 23.2 Å². The number of nitrogens with one attached hydrogen (secondary N) is 1. The minimum Gasteiger partial charge on any atom is -0.482 e. The van der Waals surface area contributed by atoms with Crippen molar-refractivity contribution in [2.24, 2.45) is 0 Å². The molecule has 0 bridgehead atoms. The van der Waals surface area contributed by atoms with Crippen LogP contribution in [0.3, 0.4) is 0 Å². The van der Waals surface area contributed by atoms with Crippen LogP contribution in [-0.4, -0.2) is 18.6 Å². The molecule has 2 atom stereocenters. The maximum atomic E-state index is 13.1. The largest absolute Gasteiger partial charge is 0.482 e. The summed E-state index contributed by atoms with van der Waals surface area (Å²) in [6.07, 6.45) is 0.791. The van der Waals surface area contributed by atoms with Gasteiger partial charge in [-0.25, -0.2) is 0 Å². The van der Waals surface area contributed by atoms with Gasteiger partial charge in [0.15, 0.2) is 6.61 Å². The molecule has 0 fully saturated rings. The number of halogens is 2. The molecule has 4 rings (SSSR count). The van der Waals surface area contributed by atoms with Crippen molar-refractivity contribution in [3.8, 4) is 5.75 Å². The van der Waals surface area contributed by atoms with Crippen molar-refractivity contribution < 1.29 is 9.53 Å². The molecule has 1 aliphatic heterocycles. The van der Waals surface area contributed by atoms with Crippen LogP contribution in [0.4, 0.5) is 11.4 Å². The van der Waals surface area contributed by atoms with Crippen LogP contribution in [0, 0.1) is 0 Å². The van der Waals surface area contributed by atoms with Crippen molar-refractivity contribution in [3.05, 3.63) is 88.4 Å². The van der Waals surface area contributed by atoms with Crippen LogP contribution < -0.4 is 15.0 Å². The zero-order valence-electron chi connectivity index (χ0n) is 16.5. The van der Waals surface area contributed by atoms with Gasteiger partial charge in [-0.15, -0.1) is 0 Å². The predicted octanol–water partition coefficient (Wildman–Crippen LogP) is 6.35. The summed E-state index contributed by atoms with van der Waals surface area (Å²) < 4.78 is 5.70. The van der Waals surface area contributed by atoms with E-state index < -0.39 is 0 Å². The lowest BCUT2D eigenvalue weighted by atomic mass is 9.91. The number of para-hydroxylation sites is 2. The average Bonchev–Trinajstić information content (AvgIpc) is 2.74. The Hall–Kier alpha value is -2.69. The maximum Gasteiger partial charge on any atom is 0.265 e. The first kappa shape index (κ1) is 20.6. The van der Waals surface area contributed by atoms with Crippen molar-refractivity contribution in [2.75, 3.05) is 16.8 Å². The molecular weight excluding hydrogens is 419 g/mol. The fraction of sp³-hybridized carbons (Fsp3) is 0.208. The molecule has 1 amide bonds. The molecule has 2 unspecified atom stereocenters. The molecule has 154 valence electrons. The minimum absolute atomic E-state index is 0.0119. The van der Waals surface area contributed by atoms with E-state index in [1.165, 1.54) is 0 Å². The number of anilines is 2. The van der Waals surface area contributed by atoms with E-state index in [2.05, 4.69) is 30.4 Å². The first-order valence-corrected chi connectivity index (χ1v) is 10.6. The van der Waals surface area contributed by atoms with Crippen LogP contribution in [0.25, 0.3) is 0 Å². The Balaban J connectivity index is 1.54. The molecule has 0 radical (unpaired) electrons. The molecule has 1 heterocycles. The summed E-state index contributed by atoms with van der Waals surface area (Å²) in [5, 5.41) is 4.50. The molecule has 0 aliphatic carbocycles. The van der Waals surface area contributed by atoms with Crippen LogP contribution in [0.2, 0.25) is 10.0 Å². The molecule has 1 N–H and O–H groups in total. The molecule has 3 aromatic carbocycles. The lowest BCUT2D eigenvalue weighted by Crippen LogP contribution is -2.46. The molecule has 3 aromatic rings. The van der Waals surface area contributed by atoms with Crippen LogP contribution in [0.15, 0.2) is 72.8 Å². The van der Waals surface area contributed by atoms with Crippen molar-refractivity contribution in [1.29, 1.82) is 0 Å². The van der Waals surface area contributed by atoms with Gasteiger partial charge >= 0.3 is 0 Å². The van der Waals surface area contributed by atoms with Crippen molar-refractivity contribution in [3.63, 3.8) is 0 Å². The average molecular weight is 441 g/mol. The van der Waals surface area contributed by atoms with Crippen molar-refractivity contribution >= 4 is 40.5 Å². The fourth-order valence-electron chi connectivity index (χ4n) is 3.87. The summed E-state index contributed by atoms with van der Waals surface area (Å²) in [5.41, 5.74) is 3.06. The number of benzene rings is 3. The number of rotatable bonds is 5. The van der Waals surface area contributed by atoms with Gasteiger partial charge < -0.3 is 15.0 Å². The number of carbonyl (C=O) groups excluding carboxylic acids is 1. The summed E-state index contributed by atoms with van der Waals surface area (Å²) in [4.78, 5) is 14.9. The van der Waals surface area contributed by atoms with Gasteiger partial charge in [0, 0.05) is 22.4 Å². The summed E-state index contributed by atoms with van der Waals surface area (Å²) in [7, 11) is 0. The SMILES string of the molecule is CC1CC(Nc2ccccc2)c2ccccc2N1C(=O)COc1ccc(Cl)cc1Cl. The van der Waals surface area contributed by atoms with Crippen LogP contribution in [-0.2, 0) is 4.79 Å². The predicted molar refractivity (Wildman–Crippen MR) is 123 cm³/mol. The van der Waals surface area contributed by atoms with Gasteiger partial charge in [0.25, 0.3) is 5.91 Å². The zero-order chi connectivity index (χ0) is 21.1. The number of hydrogen-bond acceptors (Lipinski definition) is 3. The third-order valence-electron chi connectivity index (χ3n) is 5.22. The van der Waals surface area contributed by atoms with E-state index in [1.807, 2.05) is 41.3 Å². The van der Waals surface area contributed by atoms with Gasteiger partial charge in [-0.2, -0.15) is 0 Å². The highest BCUT2D eigenvalue weighted by atomic mass is 35.5. The summed E-state index contributed by atoms with van der Waals surface area (Å²) in [6, 6.07) is 23.2. The highest BCUT2D eigenvalue weighted by Crippen LogP contribution is 2.39. The summed E-state index contributed by atoms with van der Waals surface area (Å²) in [5.74, 6) is 0.329. The number of ether oxygens (including phenoxy) is 1. The quantitative estimate of drug-likeness (QED) is 0.502. The van der Waals surface area contributed by atoms with Gasteiger partial charge in [0.1, 0.15) is 5.75 Å². The summed E-state index contributed by atoms with van der Waals surface area (Å²) >= 11 is 12.1. The Kier molecular flexibility index (Phi) is 6.16. The number of nitrogens with zero attached hydrogens (tertiary/aromatic N) is 1. The maximum absolute atomic E-state index is 13.1. The third kappa shape index (κ3) is 4.40. The molecule has 0 spiro atoms. The Morgan fingerprint density at radius 3 is 2.57 bits per heavy atom. The monoisotopic (exact) mass is 440 g/mol. The number of amides is 1. The highest BCUT2D eigenvalue weighted by Gasteiger charge is 2.33. The topological polar surface area (TPSA) is 41.6 Å². The molecule has 0 saturated carbocycles. The smallest absolute Gasteiger partial charge is 0.265 e. The number of carbonyl (C=O) groups is 1. The molecule has 6 heteroatoms. The van der Waals surface area contributed by atoms with Gasteiger partial charge in [-0.05, 0) is 55.3 Å². The van der Waals surface area contributed by atoms with Gasteiger partial charge in [-0.3, -0.25) is 4.79 Å². The molecule has 0 aromatic heterocycles.